The van der Waals surface area contributed by atoms with Gasteiger partial charge in [0.2, 0.25) is 0 Å². The molecule has 104 valence electrons. The highest BCUT2D eigenvalue weighted by Crippen LogP contribution is 2.14. The number of hydrazone groups is 1. The maximum absolute atomic E-state index is 10.9. The Balaban J connectivity index is 2.12. The quantitative estimate of drug-likeness (QED) is 0.515. The maximum Gasteiger partial charge on any atom is 0.294 e. The summed E-state index contributed by atoms with van der Waals surface area (Å²) in [4.78, 5) is -0.146. The van der Waals surface area contributed by atoms with Crippen LogP contribution in [0.25, 0.3) is 0 Å². The smallest absolute Gasteiger partial charge is 0.282 e. The third-order valence-corrected chi connectivity index (χ3v) is 3.56. The van der Waals surface area contributed by atoms with E-state index < -0.39 is 10.1 Å². The molecule has 0 saturated heterocycles. The van der Waals surface area contributed by atoms with Crippen molar-refractivity contribution < 1.29 is 13.0 Å². The Morgan fingerprint density at radius 1 is 1.05 bits per heavy atom. The second-order valence-electron chi connectivity index (χ2n) is 4.17. The maximum atomic E-state index is 10.9. The largest absolute Gasteiger partial charge is 0.294 e. The van der Waals surface area contributed by atoms with Crippen LogP contribution in [0.1, 0.15) is 12.5 Å². The predicted octanol–water partition coefficient (Wildman–Crippen LogP) is 2.77. The lowest BCUT2D eigenvalue weighted by Gasteiger charge is -2.04. The molecule has 0 aliphatic carbocycles. The second kappa shape index (κ2) is 5.85. The van der Waals surface area contributed by atoms with Gasteiger partial charge in [-0.2, -0.15) is 13.5 Å². The van der Waals surface area contributed by atoms with Crippen LogP contribution in [0.2, 0.25) is 0 Å². The van der Waals surface area contributed by atoms with Gasteiger partial charge in [-0.1, -0.05) is 30.3 Å². The Kier molecular flexibility index (Phi) is 4.16. The summed E-state index contributed by atoms with van der Waals surface area (Å²) >= 11 is 0. The molecule has 2 aromatic rings. The molecule has 2 N–H and O–H groups in total. The van der Waals surface area contributed by atoms with Crippen LogP contribution in [0.4, 0.5) is 5.69 Å². The predicted molar refractivity (Wildman–Crippen MR) is 78.5 cm³/mol. The lowest BCUT2D eigenvalue weighted by atomic mass is 10.1. The van der Waals surface area contributed by atoms with Crippen molar-refractivity contribution in [3.05, 3.63) is 60.2 Å². The fraction of sp³-hybridized carbons (Fsp3) is 0.0714. The van der Waals surface area contributed by atoms with E-state index in [-0.39, 0.29) is 4.90 Å². The molecule has 0 aromatic heterocycles. The summed E-state index contributed by atoms with van der Waals surface area (Å²) in [6.07, 6.45) is 0. The monoisotopic (exact) mass is 290 g/mol. The Labute approximate surface area is 117 Å². The number of hydrogen-bond acceptors (Lipinski definition) is 4. The van der Waals surface area contributed by atoms with Gasteiger partial charge in [-0.25, -0.2) is 0 Å². The van der Waals surface area contributed by atoms with Gasteiger partial charge >= 0.3 is 0 Å². The van der Waals surface area contributed by atoms with Gasteiger partial charge in [0.15, 0.2) is 0 Å². The molecule has 0 amide bonds. The first kappa shape index (κ1) is 14.2. The SMILES string of the molecule is C/C(=N/Nc1ccc(S(=O)(=O)O)cc1)c1ccccc1. The average molecular weight is 290 g/mol. The molecule has 0 saturated carbocycles. The van der Waals surface area contributed by atoms with Gasteiger partial charge in [0, 0.05) is 0 Å². The number of hydrogen-bond donors (Lipinski definition) is 2. The van der Waals surface area contributed by atoms with Gasteiger partial charge < -0.3 is 0 Å². The highest BCUT2D eigenvalue weighted by atomic mass is 32.2. The van der Waals surface area contributed by atoms with Crippen molar-refractivity contribution in [2.75, 3.05) is 5.43 Å². The first-order valence-corrected chi connectivity index (χ1v) is 7.34. The molecule has 20 heavy (non-hydrogen) atoms. The van der Waals surface area contributed by atoms with Gasteiger partial charge in [-0.15, -0.1) is 0 Å². The van der Waals surface area contributed by atoms with Crippen molar-refractivity contribution in [1.29, 1.82) is 0 Å². The number of nitrogens with zero attached hydrogens (tertiary/aromatic N) is 1. The number of nitrogens with one attached hydrogen (secondary N) is 1. The van der Waals surface area contributed by atoms with Gasteiger partial charge in [0.05, 0.1) is 16.3 Å². The summed E-state index contributed by atoms with van der Waals surface area (Å²) in [6, 6.07) is 15.4. The second-order valence-corrected chi connectivity index (χ2v) is 5.60. The minimum atomic E-state index is -4.16. The third kappa shape index (κ3) is 3.66. The van der Waals surface area contributed by atoms with E-state index in [1.165, 1.54) is 24.3 Å². The zero-order chi connectivity index (χ0) is 14.6. The van der Waals surface area contributed by atoms with Crippen LogP contribution in [0.5, 0.6) is 0 Å². The van der Waals surface area contributed by atoms with E-state index >= 15 is 0 Å². The number of benzene rings is 2. The Morgan fingerprint density at radius 3 is 2.20 bits per heavy atom. The van der Waals surface area contributed by atoms with E-state index in [0.29, 0.717) is 5.69 Å². The molecule has 0 fully saturated rings. The summed E-state index contributed by atoms with van der Waals surface area (Å²) in [7, 11) is -4.16. The number of anilines is 1. The van der Waals surface area contributed by atoms with Crippen molar-refractivity contribution in [2.45, 2.75) is 11.8 Å². The van der Waals surface area contributed by atoms with Crippen LogP contribution < -0.4 is 5.43 Å². The lowest BCUT2D eigenvalue weighted by Crippen LogP contribution is -2.00. The zero-order valence-electron chi connectivity index (χ0n) is 10.8. The molecule has 0 spiro atoms. The average Bonchev–Trinajstić information content (AvgIpc) is 2.45. The Bertz CT molecular complexity index is 708. The minimum absolute atomic E-state index is 0.146. The highest BCUT2D eigenvalue weighted by Gasteiger charge is 2.08. The topological polar surface area (TPSA) is 78.8 Å². The molecule has 6 heteroatoms. The van der Waals surface area contributed by atoms with Crippen molar-refractivity contribution in [2.24, 2.45) is 5.10 Å². The fourth-order valence-corrected chi connectivity index (χ4v) is 2.07. The van der Waals surface area contributed by atoms with Crippen LogP contribution in [0.3, 0.4) is 0 Å². The molecule has 0 unspecified atom stereocenters. The summed E-state index contributed by atoms with van der Waals surface area (Å²) in [5.41, 5.74) is 5.27. The minimum Gasteiger partial charge on any atom is -0.282 e. The molecule has 0 atom stereocenters. The summed E-state index contributed by atoms with van der Waals surface area (Å²) in [5.74, 6) is 0. The van der Waals surface area contributed by atoms with E-state index in [2.05, 4.69) is 10.5 Å². The summed E-state index contributed by atoms with van der Waals surface area (Å²) in [6.45, 7) is 1.87. The van der Waals surface area contributed by atoms with Gasteiger partial charge in [0.25, 0.3) is 10.1 Å². The van der Waals surface area contributed by atoms with Gasteiger partial charge in [-0.3, -0.25) is 9.98 Å². The molecule has 0 radical (unpaired) electrons. The summed E-state index contributed by atoms with van der Waals surface area (Å²) in [5, 5.41) is 4.21. The molecule has 0 aliphatic rings. The van der Waals surface area contributed by atoms with Crippen LogP contribution in [0, 0.1) is 0 Å². The van der Waals surface area contributed by atoms with E-state index in [0.717, 1.165) is 11.3 Å². The first-order valence-electron chi connectivity index (χ1n) is 5.90. The molecule has 2 rings (SSSR count). The van der Waals surface area contributed by atoms with Crippen LogP contribution in [-0.4, -0.2) is 18.7 Å². The molecule has 0 heterocycles. The van der Waals surface area contributed by atoms with Gasteiger partial charge in [0.1, 0.15) is 0 Å². The molecular formula is C14H14N2O3S. The van der Waals surface area contributed by atoms with Gasteiger partial charge in [-0.05, 0) is 36.8 Å². The van der Waals surface area contributed by atoms with Crippen LogP contribution in [0.15, 0.2) is 64.6 Å². The highest BCUT2D eigenvalue weighted by molar-refractivity contribution is 7.85. The van der Waals surface area contributed by atoms with Crippen molar-refractivity contribution in [3.8, 4) is 0 Å². The van der Waals surface area contributed by atoms with Crippen molar-refractivity contribution in [3.63, 3.8) is 0 Å². The molecule has 0 aliphatic heterocycles. The molecule has 2 aromatic carbocycles. The van der Waals surface area contributed by atoms with Crippen molar-refractivity contribution in [1.82, 2.24) is 0 Å². The van der Waals surface area contributed by atoms with E-state index in [9.17, 15) is 8.42 Å². The third-order valence-electron chi connectivity index (χ3n) is 2.70. The van der Waals surface area contributed by atoms with Crippen molar-refractivity contribution >= 4 is 21.5 Å². The van der Waals surface area contributed by atoms with Crippen LogP contribution in [-0.2, 0) is 10.1 Å². The molecule has 0 bridgehead atoms. The standard InChI is InChI=1S/C14H14N2O3S/c1-11(12-5-3-2-4-6-12)15-16-13-7-9-14(10-8-13)20(17,18)19/h2-10,16H,1H3,(H,17,18,19)/b15-11-. The van der Waals surface area contributed by atoms with Crippen LogP contribution >= 0.6 is 0 Å². The Hall–Kier alpha value is -2.18. The number of rotatable bonds is 4. The van der Waals surface area contributed by atoms with E-state index in [4.69, 9.17) is 4.55 Å². The normalized spacial score (nSPS) is 12.2. The zero-order valence-corrected chi connectivity index (χ0v) is 11.6. The first-order chi connectivity index (χ1) is 9.47. The van der Waals surface area contributed by atoms with E-state index in [1.807, 2.05) is 37.3 Å². The lowest BCUT2D eigenvalue weighted by molar-refractivity contribution is 0.483. The fourth-order valence-electron chi connectivity index (χ4n) is 1.59. The summed E-state index contributed by atoms with van der Waals surface area (Å²) < 4.78 is 30.7. The Morgan fingerprint density at radius 2 is 1.65 bits per heavy atom. The van der Waals surface area contributed by atoms with E-state index in [1.54, 1.807) is 0 Å². The molecular weight excluding hydrogens is 276 g/mol. The molecule has 5 nitrogen and oxygen atoms in total.